The average molecular weight is 367 g/mol. The number of nitrogens with zero attached hydrogens (tertiary/aromatic N) is 3. The highest BCUT2D eigenvalue weighted by Gasteiger charge is 2.21. The summed E-state index contributed by atoms with van der Waals surface area (Å²) in [6, 6.07) is 14.2. The van der Waals surface area contributed by atoms with Crippen molar-refractivity contribution in [3.05, 3.63) is 70.0 Å². The first-order valence-corrected chi connectivity index (χ1v) is 8.62. The molecule has 0 aliphatic rings. The van der Waals surface area contributed by atoms with Crippen LogP contribution in [0.3, 0.4) is 0 Å². The van der Waals surface area contributed by atoms with E-state index in [1.54, 1.807) is 31.4 Å². The minimum atomic E-state index is -0.612. The molecule has 2 aromatic carbocycles. The Balaban J connectivity index is 2.04. The van der Waals surface area contributed by atoms with E-state index in [1.807, 2.05) is 30.3 Å². The number of ether oxygens (including phenoxy) is 1. The predicted molar refractivity (Wildman–Crippen MR) is 101 cm³/mol. The number of hydrogen-bond acceptors (Lipinski definition) is 5. The van der Waals surface area contributed by atoms with Gasteiger partial charge in [-0.3, -0.25) is 14.9 Å². The molecule has 27 heavy (non-hydrogen) atoms. The van der Waals surface area contributed by atoms with Crippen molar-refractivity contribution in [2.75, 3.05) is 0 Å². The summed E-state index contributed by atoms with van der Waals surface area (Å²) >= 11 is 0. The molecule has 1 heterocycles. The lowest BCUT2D eigenvalue weighted by Crippen LogP contribution is -2.27. The molecule has 0 aliphatic heterocycles. The van der Waals surface area contributed by atoms with Gasteiger partial charge in [-0.15, -0.1) is 0 Å². The molecule has 0 saturated carbocycles. The summed E-state index contributed by atoms with van der Waals surface area (Å²) in [4.78, 5) is 27.7. The van der Waals surface area contributed by atoms with Gasteiger partial charge in [-0.25, -0.2) is 4.98 Å². The molecule has 140 valence electrons. The second-order valence-corrected chi connectivity index (χ2v) is 7.29. The molecule has 3 rings (SSSR count). The van der Waals surface area contributed by atoms with Crippen molar-refractivity contribution in [2.45, 2.75) is 39.3 Å². The summed E-state index contributed by atoms with van der Waals surface area (Å²) in [6.45, 7) is 5.34. The van der Waals surface area contributed by atoms with E-state index in [-0.39, 0.29) is 12.2 Å². The first-order valence-electron chi connectivity index (χ1n) is 8.62. The number of carbonyl (C=O) groups is 1. The van der Waals surface area contributed by atoms with Gasteiger partial charge in [-0.05, 0) is 32.4 Å². The second-order valence-electron chi connectivity index (χ2n) is 7.29. The van der Waals surface area contributed by atoms with Crippen LogP contribution in [0.1, 0.15) is 32.2 Å². The van der Waals surface area contributed by atoms with Crippen LogP contribution < -0.4 is 0 Å². The van der Waals surface area contributed by atoms with Gasteiger partial charge in [0.05, 0.1) is 16.0 Å². The smallest absolute Gasteiger partial charge is 0.326 e. The van der Waals surface area contributed by atoms with Gasteiger partial charge in [0.15, 0.2) is 0 Å². The fraction of sp³-hybridized carbons (Fsp3) is 0.300. The number of aromatic nitrogens is 2. The number of non-ortho nitro benzene ring substituents is 1. The minimum Gasteiger partial charge on any atom is -0.459 e. The van der Waals surface area contributed by atoms with Gasteiger partial charge >= 0.3 is 5.97 Å². The zero-order valence-electron chi connectivity index (χ0n) is 15.5. The summed E-state index contributed by atoms with van der Waals surface area (Å²) < 4.78 is 7.12. The summed E-state index contributed by atoms with van der Waals surface area (Å²) in [5.41, 5.74) is 1.53. The van der Waals surface area contributed by atoms with Crippen molar-refractivity contribution in [3.8, 4) is 0 Å². The quantitative estimate of drug-likeness (QED) is 0.388. The Bertz CT molecular complexity index is 988. The number of fused-ring (bicyclic) bond motifs is 1. The zero-order valence-corrected chi connectivity index (χ0v) is 15.5. The van der Waals surface area contributed by atoms with Crippen LogP contribution in [0.4, 0.5) is 5.69 Å². The molecular weight excluding hydrogens is 346 g/mol. The lowest BCUT2D eigenvalue weighted by molar-refractivity contribution is -0.384. The lowest BCUT2D eigenvalue weighted by Gasteiger charge is -2.20. The maximum Gasteiger partial charge on any atom is 0.326 e. The Hall–Kier alpha value is -3.22. The number of nitro benzene ring substituents is 1. The second kappa shape index (κ2) is 7.19. The Morgan fingerprint density at radius 2 is 1.89 bits per heavy atom. The van der Waals surface area contributed by atoms with Crippen molar-refractivity contribution >= 4 is 22.7 Å². The van der Waals surface area contributed by atoms with Gasteiger partial charge in [-0.2, -0.15) is 0 Å². The zero-order chi connectivity index (χ0) is 19.6. The van der Waals surface area contributed by atoms with Gasteiger partial charge in [0.25, 0.3) is 5.69 Å². The van der Waals surface area contributed by atoms with Gasteiger partial charge in [0.2, 0.25) is 0 Å². The molecule has 0 atom stereocenters. The van der Waals surface area contributed by atoms with Gasteiger partial charge in [0.1, 0.15) is 18.0 Å². The van der Waals surface area contributed by atoms with E-state index >= 15 is 0 Å². The summed E-state index contributed by atoms with van der Waals surface area (Å²) in [7, 11) is 0. The van der Waals surface area contributed by atoms with E-state index in [9.17, 15) is 14.9 Å². The van der Waals surface area contributed by atoms with E-state index in [0.717, 1.165) is 5.56 Å². The fourth-order valence-electron chi connectivity index (χ4n) is 2.87. The van der Waals surface area contributed by atoms with E-state index in [0.29, 0.717) is 23.3 Å². The number of hydrogen-bond donors (Lipinski definition) is 0. The van der Waals surface area contributed by atoms with Crippen molar-refractivity contribution in [1.29, 1.82) is 0 Å². The molecule has 0 radical (unpaired) electrons. The topological polar surface area (TPSA) is 87.3 Å². The van der Waals surface area contributed by atoms with E-state index in [1.165, 1.54) is 12.1 Å². The van der Waals surface area contributed by atoms with Crippen LogP contribution in [-0.2, 0) is 22.5 Å². The van der Waals surface area contributed by atoms with Gasteiger partial charge < -0.3 is 9.30 Å². The van der Waals surface area contributed by atoms with Crippen molar-refractivity contribution < 1.29 is 14.5 Å². The summed E-state index contributed by atoms with van der Waals surface area (Å²) in [5, 5.41) is 11.1. The molecule has 3 aromatic rings. The molecule has 0 aliphatic carbocycles. The molecule has 0 bridgehead atoms. The number of nitro groups is 1. The molecule has 0 saturated heterocycles. The summed E-state index contributed by atoms with van der Waals surface area (Å²) in [5.74, 6) is 0.241. The molecular formula is C20H21N3O4. The van der Waals surface area contributed by atoms with Gasteiger partial charge in [0, 0.05) is 18.6 Å². The Morgan fingerprint density at radius 3 is 2.52 bits per heavy atom. The third kappa shape index (κ3) is 4.49. The largest absolute Gasteiger partial charge is 0.459 e. The first kappa shape index (κ1) is 18.6. The van der Waals surface area contributed by atoms with Crippen LogP contribution >= 0.6 is 0 Å². The van der Waals surface area contributed by atoms with Crippen molar-refractivity contribution in [1.82, 2.24) is 9.55 Å². The normalized spacial score (nSPS) is 11.5. The number of esters is 1. The standard InChI is InChI=1S/C20H21N3O4/c1-20(2,3)27-19(24)13-22-17-12-15(23(25)26)9-10-16(17)21-18(22)11-14-7-5-4-6-8-14/h4-10,12H,11,13H2,1-3H3. The minimum absolute atomic E-state index is 0.0425. The molecule has 7 nitrogen and oxygen atoms in total. The molecule has 0 fully saturated rings. The monoisotopic (exact) mass is 367 g/mol. The van der Waals surface area contributed by atoms with Gasteiger partial charge in [-0.1, -0.05) is 30.3 Å². The first-order chi connectivity index (χ1) is 12.7. The number of rotatable bonds is 5. The maximum absolute atomic E-state index is 12.4. The highest BCUT2D eigenvalue weighted by molar-refractivity contribution is 5.81. The Morgan fingerprint density at radius 1 is 1.19 bits per heavy atom. The van der Waals surface area contributed by atoms with E-state index in [4.69, 9.17) is 4.74 Å². The van der Waals surface area contributed by atoms with Crippen molar-refractivity contribution in [3.63, 3.8) is 0 Å². The highest BCUT2D eigenvalue weighted by Crippen LogP contribution is 2.24. The average Bonchev–Trinajstić information content (AvgIpc) is 2.90. The lowest BCUT2D eigenvalue weighted by atomic mass is 10.1. The number of benzene rings is 2. The Labute approximate surface area is 156 Å². The van der Waals surface area contributed by atoms with Crippen LogP contribution in [0.5, 0.6) is 0 Å². The van der Waals surface area contributed by atoms with Crippen LogP contribution in [0.15, 0.2) is 48.5 Å². The van der Waals surface area contributed by atoms with E-state index < -0.39 is 16.5 Å². The molecule has 0 unspecified atom stereocenters. The van der Waals surface area contributed by atoms with Crippen LogP contribution in [0.2, 0.25) is 0 Å². The number of carbonyl (C=O) groups excluding carboxylic acids is 1. The SMILES string of the molecule is CC(C)(C)OC(=O)Cn1c(Cc2ccccc2)nc2ccc([N+](=O)[O-])cc21. The molecule has 7 heteroatoms. The van der Waals surface area contributed by atoms with Crippen LogP contribution in [0, 0.1) is 10.1 Å². The predicted octanol–water partition coefficient (Wildman–Crippen LogP) is 3.88. The maximum atomic E-state index is 12.4. The third-order valence-corrected chi connectivity index (χ3v) is 3.93. The Kier molecular flexibility index (Phi) is 4.94. The highest BCUT2D eigenvalue weighted by atomic mass is 16.6. The molecule has 0 amide bonds. The van der Waals surface area contributed by atoms with E-state index in [2.05, 4.69) is 4.98 Å². The molecule has 0 spiro atoms. The molecule has 0 N–H and O–H groups in total. The third-order valence-electron chi connectivity index (χ3n) is 3.93. The van der Waals surface area contributed by atoms with Crippen LogP contribution in [-0.4, -0.2) is 26.0 Å². The molecule has 1 aromatic heterocycles. The summed E-state index contributed by atoms with van der Waals surface area (Å²) in [6.07, 6.45) is 0.506. The number of imidazole rings is 1. The fourth-order valence-corrected chi connectivity index (χ4v) is 2.87. The van der Waals surface area contributed by atoms with Crippen LogP contribution in [0.25, 0.3) is 11.0 Å². The van der Waals surface area contributed by atoms with Crippen molar-refractivity contribution in [2.24, 2.45) is 0 Å².